The van der Waals surface area contributed by atoms with Gasteiger partial charge in [0, 0.05) is 11.3 Å². The highest BCUT2D eigenvalue weighted by Crippen LogP contribution is 2.11. The van der Waals surface area contributed by atoms with E-state index in [0.29, 0.717) is 5.69 Å². The van der Waals surface area contributed by atoms with Crippen molar-refractivity contribution in [1.82, 2.24) is 5.32 Å². The van der Waals surface area contributed by atoms with Gasteiger partial charge in [0.1, 0.15) is 6.04 Å². The van der Waals surface area contributed by atoms with Crippen molar-refractivity contribution in [2.24, 2.45) is 0 Å². The number of anilines is 1. The molecule has 0 aliphatic rings. The van der Waals surface area contributed by atoms with E-state index in [2.05, 4.69) is 16.6 Å². The van der Waals surface area contributed by atoms with Crippen LogP contribution >= 0.6 is 0 Å². The fourth-order valence-corrected chi connectivity index (χ4v) is 2.10. The standard InChI is InChI=1S/C13H16N2O5S/c1-3-4-11(13(17)18)14-12(16)9-5-7-10(8-6-9)15-21(2,19)20/h3,5-8,11,15H,1,4H2,2H3,(H,14,16)(H,17,18). The van der Waals surface area contributed by atoms with Crippen LogP contribution in [0.1, 0.15) is 16.8 Å². The van der Waals surface area contributed by atoms with Crippen molar-refractivity contribution in [2.45, 2.75) is 12.5 Å². The first-order valence-electron chi connectivity index (χ1n) is 5.95. The van der Waals surface area contributed by atoms with Crippen LogP contribution in [0, 0.1) is 0 Å². The zero-order chi connectivity index (χ0) is 16.0. The molecule has 1 unspecified atom stereocenters. The van der Waals surface area contributed by atoms with E-state index in [9.17, 15) is 18.0 Å². The molecule has 0 heterocycles. The Morgan fingerprint density at radius 3 is 2.33 bits per heavy atom. The number of amides is 1. The van der Waals surface area contributed by atoms with Crippen LogP contribution < -0.4 is 10.0 Å². The summed E-state index contributed by atoms with van der Waals surface area (Å²) in [7, 11) is -3.39. The maximum Gasteiger partial charge on any atom is 0.326 e. The van der Waals surface area contributed by atoms with E-state index < -0.39 is 27.9 Å². The van der Waals surface area contributed by atoms with Gasteiger partial charge in [-0.1, -0.05) is 6.08 Å². The highest BCUT2D eigenvalue weighted by Gasteiger charge is 2.19. The van der Waals surface area contributed by atoms with Crippen LogP contribution in [0.5, 0.6) is 0 Å². The molecule has 1 aromatic carbocycles. The quantitative estimate of drug-likeness (QED) is 0.645. The molecule has 0 bridgehead atoms. The molecule has 114 valence electrons. The van der Waals surface area contributed by atoms with Crippen molar-refractivity contribution in [3.05, 3.63) is 42.5 Å². The Hall–Kier alpha value is -2.35. The minimum atomic E-state index is -3.39. The molecule has 0 aromatic heterocycles. The summed E-state index contributed by atoms with van der Waals surface area (Å²) in [6.45, 7) is 3.43. The number of sulfonamides is 1. The van der Waals surface area contributed by atoms with Crippen LogP contribution in [0.25, 0.3) is 0 Å². The van der Waals surface area contributed by atoms with Gasteiger partial charge in [-0.15, -0.1) is 6.58 Å². The summed E-state index contributed by atoms with van der Waals surface area (Å²) in [6.07, 6.45) is 2.52. The monoisotopic (exact) mass is 312 g/mol. The number of carboxylic acids is 1. The molecule has 8 heteroatoms. The highest BCUT2D eigenvalue weighted by atomic mass is 32.2. The lowest BCUT2D eigenvalue weighted by molar-refractivity contribution is -0.139. The summed E-state index contributed by atoms with van der Waals surface area (Å²) >= 11 is 0. The molecule has 3 N–H and O–H groups in total. The van der Waals surface area contributed by atoms with E-state index in [-0.39, 0.29) is 12.0 Å². The molecule has 0 spiro atoms. The number of carbonyl (C=O) groups is 2. The number of hydrogen-bond donors (Lipinski definition) is 3. The van der Waals surface area contributed by atoms with Gasteiger partial charge in [-0.25, -0.2) is 13.2 Å². The maximum atomic E-state index is 11.9. The van der Waals surface area contributed by atoms with Crippen LogP contribution in [-0.2, 0) is 14.8 Å². The molecule has 21 heavy (non-hydrogen) atoms. The lowest BCUT2D eigenvalue weighted by atomic mass is 10.1. The Morgan fingerprint density at radius 1 is 1.33 bits per heavy atom. The van der Waals surface area contributed by atoms with Gasteiger partial charge >= 0.3 is 5.97 Å². The molecule has 0 radical (unpaired) electrons. The van der Waals surface area contributed by atoms with Gasteiger partial charge in [0.15, 0.2) is 0 Å². The molecule has 0 aliphatic carbocycles. The van der Waals surface area contributed by atoms with Crippen molar-refractivity contribution in [3.8, 4) is 0 Å². The van der Waals surface area contributed by atoms with E-state index in [1.807, 2.05) is 0 Å². The van der Waals surface area contributed by atoms with Crippen LogP contribution in [0.15, 0.2) is 36.9 Å². The van der Waals surface area contributed by atoms with Crippen molar-refractivity contribution in [2.75, 3.05) is 11.0 Å². The van der Waals surface area contributed by atoms with Crippen molar-refractivity contribution < 1.29 is 23.1 Å². The first kappa shape index (κ1) is 16.7. The lowest BCUT2D eigenvalue weighted by Crippen LogP contribution is -2.40. The maximum absolute atomic E-state index is 11.9. The van der Waals surface area contributed by atoms with Crippen LogP contribution in [0.4, 0.5) is 5.69 Å². The second-order valence-electron chi connectivity index (χ2n) is 4.34. The van der Waals surface area contributed by atoms with Gasteiger partial charge in [-0.2, -0.15) is 0 Å². The average Bonchev–Trinajstić information content (AvgIpc) is 2.36. The van der Waals surface area contributed by atoms with E-state index in [0.717, 1.165) is 6.26 Å². The van der Waals surface area contributed by atoms with Gasteiger partial charge in [-0.3, -0.25) is 9.52 Å². The summed E-state index contributed by atoms with van der Waals surface area (Å²) < 4.78 is 24.4. The minimum absolute atomic E-state index is 0.106. The topological polar surface area (TPSA) is 113 Å². The summed E-state index contributed by atoms with van der Waals surface area (Å²) in [5.74, 6) is -1.71. The molecule has 1 amide bonds. The molecule has 0 fully saturated rings. The molecule has 0 aliphatic heterocycles. The van der Waals surface area contributed by atoms with Gasteiger partial charge in [0.2, 0.25) is 10.0 Å². The highest BCUT2D eigenvalue weighted by molar-refractivity contribution is 7.92. The summed E-state index contributed by atoms with van der Waals surface area (Å²) in [4.78, 5) is 22.8. The van der Waals surface area contributed by atoms with E-state index >= 15 is 0 Å². The molecular formula is C13H16N2O5S. The fourth-order valence-electron chi connectivity index (χ4n) is 1.53. The Labute approximate surface area is 122 Å². The Balaban J connectivity index is 2.79. The molecular weight excluding hydrogens is 296 g/mol. The number of rotatable bonds is 7. The molecule has 1 atom stereocenters. The van der Waals surface area contributed by atoms with E-state index in [4.69, 9.17) is 5.11 Å². The number of nitrogens with one attached hydrogen (secondary N) is 2. The first-order chi connectivity index (χ1) is 9.73. The minimum Gasteiger partial charge on any atom is -0.480 e. The number of aliphatic carboxylic acids is 1. The van der Waals surface area contributed by atoms with Crippen LogP contribution in [-0.4, -0.2) is 37.7 Å². The molecule has 7 nitrogen and oxygen atoms in total. The number of hydrogen-bond acceptors (Lipinski definition) is 4. The Bertz CT molecular complexity index is 637. The average molecular weight is 312 g/mol. The Kier molecular flexibility index (Phi) is 5.48. The molecule has 1 rings (SSSR count). The summed E-state index contributed by atoms with van der Waals surface area (Å²) in [6, 6.07) is 4.58. The zero-order valence-electron chi connectivity index (χ0n) is 11.4. The normalized spacial score (nSPS) is 12.2. The van der Waals surface area contributed by atoms with Gasteiger partial charge < -0.3 is 10.4 Å². The van der Waals surface area contributed by atoms with Crippen LogP contribution in [0.3, 0.4) is 0 Å². The smallest absolute Gasteiger partial charge is 0.326 e. The number of benzene rings is 1. The largest absolute Gasteiger partial charge is 0.480 e. The third kappa shape index (κ3) is 5.65. The van der Waals surface area contributed by atoms with Gasteiger partial charge in [0.25, 0.3) is 5.91 Å². The van der Waals surface area contributed by atoms with Crippen molar-refractivity contribution in [3.63, 3.8) is 0 Å². The molecule has 1 aromatic rings. The van der Waals surface area contributed by atoms with Crippen LogP contribution in [0.2, 0.25) is 0 Å². The SMILES string of the molecule is C=CCC(NC(=O)c1ccc(NS(C)(=O)=O)cc1)C(=O)O. The van der Waals surface area contributed by atoms with E-state index in [1.54, 1.807) is 0 Å². The summed E-state index contributed by atoms with van der Waals surface area (Å²) in [5, 5.41) is 11.3. The number of carboxylic acid groups (broad SMARTS) is 1. The summed E-state index contributed by atoms with van der Waals surface area (Å²) in [5.41, 5.74) is 0.541. The fraction of sp³-hybridized carbons (Fsp3) is 0.231. The van der Waals surface area contributed by atoms with Gasteiger partial charge in [-0.05, 0) is 30.7 Å². The second kappa shape index (κ2) is 6.89. The second-order valence-corrected chi connectivity index (χ2v) is 6.09. The van der Waals surface area contributed by atoms with Crippen molar-refractivity contribution in [1.29, 1.82) is 0 Å². The lowest BCUT2D eigenvalue weighted by Gasteiger charge is -2.12. The molecule has 0 saturated heterocycles. The Morgan fingerprint density at radius 2 is 1.90 bits per heavy atom. The predicted octanol–water partition coefficient (Wildman–Crippen LogP) is 0.817. The zero-order valence-corrected chi connectivity index (χ0v) is 12.2. The molecule has 0 saturated carbocycles. The van der Waals surface area contributed by atoms with Gasteiger partial charge in [0.05, 0.1) is 6.26 Å². The van der Waals surface area contributed by atoms with E-state index in [1.165, 1.54) is 30.3 Å². The third-order valence-electron chi connectivity index (χ3n) is 2.46. The first-order valence-corrected chi connectivity index (χ1v) is 7.84. The number of carbonyl (C=O) groups excluding carboxylic acids is 1. The van der Waals surface area contributed by atoms with Crippen molar-refractivity contribution >= 4 is 27.6 Å². The predicted molar refractivity (Wildman–Crippen MR) is 78.6 cm³/mol. The third-order valence-corrected chi connectivity index (χ3v) is 3.06.